The van der Waals surface area contributed by atoms with E-state index in [1.54, 1.807) is 13.2 Å². The fraction of sp³-hybridized carbons (Fsp3) is 0.143. The van der Waals surface area contributed by atoms with Gasteiger partial charge in [0.15, 0.2) is 5.13 Å². The molecule has 0 bridgehead atoms. The van der Waals surface area contributed by atoms with Crippen molar-refractivity contribution in [2.75, 3.05) is 25.5 Å². The van der Waals surface area contributed by atoms with Crippen LogP contribution in [0.3, 0.4) is 0 Å². The lowest BCUT2D eigenvalue weighted by molar-refractivity contribution is 0.102. The molecular weight excluding hydrogens is 422 g/mol. The minimum Gasteiger partial charge on any atom is -0.494 e. The SMILES string of the molecule is C=CCN(CC=C)S(=O)(=O)c1ccc(C(=O)Nc2nc3c(OC)cccc3s2)cc1. The zero-order valence-corrected chi connectivity index (χ0v) is 18.0. The summed E-state index contributed by atoms with van der Waals surface area (Å²) >= 11 is 1.33. The number of benzene rings is 2. The quantitative estimate of drug-likeness (QED) is 0.507. The number of fused-ring (bicyclic) bond motifs is 1. The minimum absolute atomic E-state index is 0.0903. The van der Waals surface area contributed by atoms with Gasteiger partial charge in [0.1, 0.15) is 11.3 Å². The largest absolute Gasteiger partial charge is 0.494 e. The molecule has 30 heavy (non-hydrogen) atoms. The molecule has 0 aliphatic rings. The molecule has 1 amide bonds. The molecule has 0 radical (unpaired) electrons. The molecule has 0 spiro atoms. The van der Waals surface area contributed by atoms with Gasteiger partial charge in [0, 0.05) is 18.7 Å². The number of rotatable bonds is 9. The van der Waals surface area contributed by atoms with Crippen LogP contribution in [0.15, 0.2) is 72.7 Å². The van der Waals surface area contributed by atoms with E-state index in [-0.39, 0.29) is 23.9 Å². The Morgan fingerprint density at radius 2 is 1.83 bits per heavy atom. The number of thiazole rings is 1. The fourth-order valence-corrected chi connectivity index (χ4v) is 5.06. The number of anilines is 1. The first-order valence-electron chi connectivity index (χ1n) is 8.97. The third kappa shape index (κ3) is 4.43. The maximum Gasteiger partial charge on any atom is 0.257 e. The Labute approximate surface area is 179 Å². The molecule has 0 unspecified atom stereocenters. The summed E-state index contributed by atoms with van der Waals surface area (Å²) in [5, 5.41) is 3.18. The zero-order valence-electron chi connectivity index (χ0n) is 16.4. The van der Waals surface area contributed by atoms with Crippen LogP contribution in [-0.4, -0.2) is 43.8 Å². The number of hydrogen-bond acceptors (Lipinski definition) is 6. The van der Waals surface area contributed by atoms with E-state index in [1.165, 1.54) is 52.1 Å². The van der Waals surface area contributed by atoms with Crippen LogP contribution in [-0.2, 0) is 10.0 Å². The second-order valence-corrected chi connectivity index (χ2v) is 9.17. The van der Waals surface area contributed by atoms with Crippen LogP contribution >= 0.6 is 11.3 Å². The first kappa shape index (κ1) is 21.7. The van der Waals surface area contributed by atoms with Gasteiger partial charge < -0.3 is 4.74 Å². The topological polar surface area (TPSA) is 88.6 Å². The van der Waals surface area contributed by atoms with E-state index in [2.05, 4.69) is 23.5 Å². The number of aromatic nitrogens is 1. The molecule has 9 heteroatoms. The van der Waals surface area contributed by atoms with Gasteiger partial charge in [-0.3, -0.25) is 10.1 Å². The van der Waals surface area contributed by atoms with Crippen molar-refractivity contribution in [3.8, 4) is 5.75 Å². The molecule has 3 rings (SSSR count). The number of methoxy groups -OCH3 is 1. The standard InChI is InChI=1S/C21H21N3O4S2/c1-4-13-24(14-5-2)30(26,27)16-11-9-15(10-12-16)20(25)23-21-22-19-17(28-3)7-6-8-18(19)29-21/h4-12H,1-2,13-14H2,3H3,(H,22,23,25). The van der Waals surface area contributed by atoms with Gasteiger partial charge in [-0.2, -0.15) is 4.31 Å². The number of sulfonamides is 1. The third-order valence-electron chi connectivity index (χ3n) is 4.24. The fourth-order valence-electron chi connectivity index (χ4n) is 2.80. The summed E-state index contributed by atoms with van der Waals surface area (Å²) in [6, 6.07) is 11.3. The van der Waals surface area contributed by atoms with Crippen molar-refractivity contribution in [1.29, 1.82) is 0 Å². The molecule has 0 fully saturated rings. The van der Waals surface area contributed by atoms with Crippen LogP contribution in [0, 0.1) is 0 Å². The van der Waals surface area contributed by atoms with Crippen LogP contribution in [0.25, 0.3) is 10.2 Å². The average molecular weight is 444 g/mol. The number of nitrogens with zero attached hydrogens (tertiary/aromatic N) is 2. The molecule has 7 nitrogen and oxygen atoms in total. The summed E-state index contributed by atoms with van der Waals surface area (Å²) < 4.78 is 32.9. The van der Waals surface area contributed by atoms with Gasteiger partial charge in [-0.05, 0) is 36.4 Å². The van der Waals surface area contributed by atoms with Crippen LogP contribution < -0.4 is 10.1 Å². The van der Waals surface area contributed by atoms with Gasteiger partial charge in [-0.1, -0.05) is 29.6 Å². The second-order valence-electron chi connectivity index (χ2n) is 6.20. The van der Waals surface area contributed by atoms with Gasteiger partial charge in [-0.25, -0.2) is 13.4 Å². The number of carbonyl (C=O) groups excluding carboxylic acids is 1. The maximum atomic E-state index is 12.8. The Bertz CT molecular complexity index is 1170. The monoisotopic (exact) mass is 443 g/mol. The van der Waals surface area contributed by atoms with Gasteiger partial charge in [0.2, 0.25) is 10.0 Å². The van der Waals surface area contributed by atoms with Crippen LogP contribution in [0.2, 0.25) is 0 Å². The van der Waals surface area contributed by atoms with Crippen molar-refractivity contribution in [1.82, 2.24) is 9.29 Å². The highest BCUT2D eigenvalue weighted by atomic mass is 32.2. The van der Waals surface area contributed by atoms with Crippen LogP contribution in [0.1, 0.15) is 10.4 Å². The molecule has 1 aromatic heterocycles. The Balaban J connectivity index is 1.80. The van der Waals surface area contributed by atoms with Gasteiger partial charge in [-0.15, -0.1) is 13.2 Å². The number of ether oxygens (including phenoxy) is 1. The first-order valence-corrected chi connectivity index (χ1v) is 11.2. The predicted octanol–water partition coefficient (Wildman–Crippen LogP) is 3.92. The first-order chi connectivity index (χ1) is 14.4. The highest BCUT2D eigenvalue weighted by Crippen LogP contribution is 2.32. The highest BCUT2D eigenvalue weighted by molar-refractivity contribution is 7.89. The van der Waals surface area contributed by atoms with E-state index < -0.39 is 10.0 Å². The Hall–Kier alpha value is -3.01. The van der Waals surface area contributed by atoms with E-state index >= 15 is 0 Å². The Kier molecular flexibility index (Phi) is 6.66. The minimum atomic E-state index is -3.72. The maximum absolute atomic E-state index is 12.8. The molecule has 2 aromatic carbocycles. The van der Waals surface area contributed by atoms with E-state index in [4.69, 9.17) is 4.74 Å². The van der Waals surface area contributed by atoms with Crippen molar-refractivity contribution in [3.05, 3.63) is 73.3 Å². The molecule has 0 atom stereocenters. The summed E-state index contributed by atoms with van der Waals surface area (Å²) in [6.07, 6.45) is 3.02. The molecule has 0 saturated heterocycles. The number of carbonyl (C=O) groups is 1. The molecule has 0 saturated carbocycles. The number of nitrogens with one attached hydrogen (secondary N) is 1. The summed E-state index contributed by atoms with van der Waals surface area (Å²) in [7, 11) is -2.15. The van der Waals surface area contributed by atoms with E-state index in [0.717, 1.165) is 4.70 Å². The normalized spacial score (nSPS) is 11.4. The van der Waals surface area contributed by atoms with Gasteiger partial charge >= 0.3 is 0 Å². The summed E-state index contributed by atoms with van der Waals surface area (Å²) in [4.78, 5) is 17.1. The molecule has 1 N–H and O–H groups in total. The van der Waals surface area contributed by atoms with Crippen molar-refractivity contribution >= 4 is 42.6 Å². The van der Waals surface area contributed by atoms with E-state index in [9.17, 15) is 13.2 Å². The van der Waals surface area contributed by atoms with Crippen LogP contribution in [0.5, 0.6) is 5.75 Å². The highest BCUT2D eigenvalue weighted by Gasteiger charge is 2.22. The van der Waals surface area contributed by atoms with E-state index in [1.807, 2.05) is 12.1 Å². The van der Waals surface area contributed by atoms with Crippen molar-refractivity contribution in [2.45, 2.75) is 4.90 Å². The predicted molar refractivity (Wildman–Crippen MR) is 120 cm³/mol. The van der Waals surface area contributed by atoms with Crippen molar-refractivity contribution in [2.24, 2.45) is 0 Å². The lowest BCUT2D eigenvalue weighted by Gasteiger charge is -2.19. The smallest absolute Gasteiger partial charge is 0.257 e. The average Bonchev–Trinajstić information content (AvgIpc) is 3.16. The lowest BCUT2D eigenvalue weighted by atomic mass is 10.2. The second kappa shape index (κ2) is 9.21. The summed E-state index contributed by atoms with van der Waals surface area (Å²) in [5.41, 5.74) is 0.991. The Morgan fingerprint density at radius 3 is 2.43 bits per heavy atom. The molecule has 0 aliphatic carbocycles. The molecule has 3 aromatic rings. The number of hydrogen-bond donors (Lipinski definition) is 1. The molecular formula is C21H21N3O4S2. The Morgan fingerprint density at radius 1 is 1.17 bits per heavy atom. The lowest BCUT2D eigenvalue weighted by Crippen LogP contribution is -2.31. The number of amides is 1. The van der Waals surface area contributed by atoms with Gasteiger partial charge in [0.25, 0.3) is 5.91 Å². The molecule has 156 valence electrons. The van der Waals surface area contributed by atoms with Crippen LogP contribution in [0.4, 0.5) is 5.13 Å². The van der Waals surface area contributed by atoms with E-state index in [0.29, 0.717) is 22.0 Å². The molecule has 0 aliphatic heterocycles. The summed E-state index contributed by atoms with van der Waals surface area (Å²) in [6.45, 7) is 7.50. The third-order valence-corrected chi connectivity index (χ3v) is 7.02. The number of para-hydroxylation sites is 1. The van der Waals surface area contributed by atoms with Crippen molar-refractivity contribution < 1.29 is 17.9 Å². The molecule has 1 heterocycles. The van der Waals surface area contributed by atoms with Crippen molar-refractivity contribution in [3.63, 3.8) is 0 Å². The zero-order chi connectivity index (χ0) is 21.7. The summed E-state index contributed by atoms with van der Waals surface area (Å²) in [5.74, 6) is 0.244. The van der Waals surface area contributed by atoms with Gasteiger partial charge in [0.05, 0.1) is 16.7 Å².